The normalized spacial score (nSPS) is 16.7. The first kappa shape index (κ1) is 26.6. The van der Waals surface area contributed by atoms with Crippen molar-refractivity contribution in [1.29, 1.82) is 5.41 Å². The SMILES string of the molecule is CC(=N)CC(=O)NS(=O)(=O)c1ccc(N2CCN(C(=O)[C@@H](C)N3CCCc4cc(F)ccc43)CC2)cc1. The van der Waals surface area contributed by atoms with Crippen molar-refractivity contribution in [2.24, 2.45) is 0 Å². The van der Waals surface area contributed by atoms with Gasteiger partial charge in [0.2, 0.25) is 11.8 Å². The minimum absolute atomic E-state index is 0.0310. The lowest BCUT2D eigenvalue weighted by Crippen LogP contribution is -2.55. The summed E-state index contributed by atoms with van der Waals surface area (Å²) in [7, 11) is -4.01. The topological polar surface area (TPSA) is 114 Å². The lowest BCUT2D eigenvalue weighted by atomic mass is 9.99. The molecule has 1 fully saturated rings. The number of hydrogen-bond donors (Lipinski definition) is 2. The van der Waals surface area contributed by atoms with E-state index in [-0.39, 0.29) is 34.8 Å². The van der Waals surface area contributed by atoms with Gasteiger partial charge in [0.1, 0.15) is 11.9 Å². The Morgan fingerprint density at radius 1 is 1.05 bits per heavy atom. The van der Waals surface area contributed by atoms with E-state index in [2.05, 4.69) is 9.80 Å². The van der Waals surface area contributed by atoms with Gasteiger partial charge >= 0.3 is 0 Å². The Balaban J connectivity index is 1.35. The van der Waals surface area contributed by atoms with E-state index in [1.165, 1.54) is 25.1 Å². The van der Waals surface area contributed by atoms with E-state index in [1.807, 2.05) is 16.5 Å². The van der Waals surface area contributed by atoms with E-state index < -0.39 is 15.9 Å². The monoisotopic (exact) mass is 529 g/mol. The molecule has 0 radical (unpaired) electrons. The van der Waals surface area contributed by atoms with E-state index in [0.717, 1.165) is 36.3 Å². The van der Waals surface area contributed by atoms with Crippen molar-refractivity contribution in [3.8, 4) is 0 Å². The third-order valence-corrected chi connectivity index (χ3v) is 8.19. The lowest BCUT2D eigenvalue weighted by molar-refractivity contribution is -0.132. The number of carbonyl (C=O) groups is 2. The van der Waals surface area contributed by atoms with Gasteiger partial charge in [0.25, 0.3) is 10.0 Å². The minimum Gasteiger partial charge on any atom is -0.368 e. The predicted octanol–water partition coefficient (Wildman–Crippen LogP) is 2.55. The van der Waals surface area contributed by atoms with Crippen molar-refractivity contribution in [2.75, 3.05) is 42.5 Å². The summed E-state index contributed by atoms with van der Waals surface area (Å²) in [4.78, 5) is 31.0. The molecule has 4 rings (SSSR count). The molecule has 2 heterocycles. The van der Waals surface area contributed by atoms with Gasteiger partial charge in [-0.25, -0.2) is 17.5 Å². The molecule has 2 amide bonds. The van der Waals surface area contributed by atoms with E-state index in [4.69, 9.17) is 5.41 Å². The largest absolute Gasteiger partial charge is 0.368 e. The zero-order valence-electron chi connectivity index (χ0n) is 21.0. The van der Waals surface area contributed by atoms with Crippen LogP contribution >= 0.6 is 0 Å². The standard InChI is InChI=1S/C26H32FN5O4S/c1-18(28)16-25(33)29-37(35,36)23-8-6-22(7-9-23)30-12-14-31(15-13-30)26(34)19(2)32-11-3-4-20-17-21(27)5-10-24(20)32/h5-10,17,19,28H,3-4,11-16H2,1-2H3,(H,29,33)/t19-/m1/s1. The number of hydrogen-bond acceptors (Lipinski definition) is 7. The maximum atomic E-state index is 13.7. The van der Waals surface area contributed by atoms with Crippen LogP contribution in [0.1, 0.15) is 32.3 Å². The van der Waals surface area contributed by atoms with Crippen molar-refractivity contribution in [1.82, 2.24) is 9.62 Å². The summed E-state index contributed by atoms with van der Waals surface area (Å²) in [6, 6.07) is 10.7. The number of fused-ring (bicyclic) bond motifs is 1. The van der Waals surface area contributed by atoms with Crippen LogP contribution in [-0.2, 0) is 26.0 Å². The average Bonchev–Trinajstić information content (AvgIpc) is 2.86. The summed E-state index contributed by atoms with van der Waals surface area (Å²) >= 11 is 0. The molecule has 0 aliphatic carbocycles. The van der Waals surface area contributed by atoms with Crippen LogP contribution in [0.5, 0.6) is 0 Å². The summed E-state index contributed by atoms with van der Waals surface area (Å²) < 4.78 is 40.5. The van der Waals surface area contributed by atoms with E-state index in [0.29, 0.717) is 26.2 Å². The van der Waals surface area contributed by atoms with Crippen molar-refractivity contribution in [3.05, 3.63) is 53.8 Å². The molecule has 0 saturated carbocycles. The Bertz CT molecular complexity index is 1290. The molecule has 2 aromatic carbocycles. The van der Waals surface area contributed by atoms with Crippen LogP contribution < -0.4 is 14.5 Å². The van der Waals surface area contributed by atoms with Crippen molar-refractivity contribution >= 4 is 38.9 Å². The predicted molar refractivity (Wildman–Crippen MR) is 140 cm³/mol. The highest BCUT2D eigenvalue weighted by atomic mass is 32.2. The molecule has 0 unspecified atom stereocenters. The molecule has 1 saturated heterocycles. The van der Waals surface area contributed by atoms with Crippen LogP contribution in [0.2, 0.25) is 0 Å². The Morgan fingerprint density at radius 3 is 2.38 bits per heavy atom. The van der Waals surface area contributed by atoms with Crippen LogP contribution in [0.3, 0.4) is 0 Å². The van der Waals surface area contributed by atoms with E-state index in [9.17, 15) is 22.4 Å². The Labute approximate surface area is 216 Å². The lowest BCUT2D eigenvalue weighted by Gasteiger charge is -2.41. The number of aryl methyl sites for hydroxylation is 1. The zero-order valence-corrected chi connectivity index (χ0v) is 21.9. The summed E-state index contributed by atoms with van der Waals surface area (Å²) in [6.45, 7) is 6.35. The van der Waals surface area contributed by atoms with Crippen LogP contribution in [-0.4, -0.2) is 69.6 Å². The first-order chi connectivity index (χ1) is 17.5. The van der Waals surface area contributed by atoms with Gasteiger partial charge in [-0.2, -0.15) is 0 Å². The number of carbonyl (C=O) groups excluding carboxylic acids is 2. The highest BCUT2D eigenvalue weighted by Gasteiger charge is 2.31. The van der Waals surface area contributed by atoms with Gasteiger partial charge in [-0.05, 0) is 74.7 Å². The molecule has 37 heavy (non-hydrogen) atoms. The fourth-order valence-electron chi connectivity index (χ4n) is 4.90. The number of piperazine rings is 1. The van der Waals surface area contributed by atoms with Gasteiger partial charge in [-0.1, -0.05) is 0 Å². The van der Waals surface area contributed by atoms with Gasteiger partial charge in [0.05, 0.1) is 11.3 Å². The fourth-order valence-corrected chi connectivity index (χ4v) is 5.89. The molecule has 0 aromatic heterocycles. The molecular formula is C26H32FN5O4S. The fraction of sp³-hybridized carbons (Fsp3) is 0.423. The first-order valence-corrected chi connectivity index (χ1v) is 13.8. The summed E-state index contributed by atoms with van der Waals surface area (Å²) in [6.07, 6.45) is 1.40. The highest BCUT2D eigenvalue weighted by molar-refractivity contribution is 7.90. The summed E-state index contributed by atoms with van der Waals surface area (Å²) in [5.74, 6) is -0.968. The van der Waals surface area contributed by atoms with Gasteiger partial charge < -0.3 is 20.1 Å². The van der Waals surface area contributed by atoms with Crippen LogP contribution in [0.15, 0.2) is 47.4 Å². The van der Waals surface area contributed by atoms with Crippen molar-refractivity contribution < 1.29 is 22.4 Å². The van der Waals surface area contributed by atoms with Gasteiger partial charge in [-0.3, -0.25) is 9.59 Å². The third-order valence-electron chi connectivity index (χ3n) is 6.80. The molecule has 2 aromatic rings. The molecule has 198 valence electrons. The molecule has 2 aliphatic rings. The molecule has 2 N–H and O–H groups in total. The minimum atomic E-state index is -4.01. The van der Waals surface area contributed by atoms with Crippen molar-refractivity contribution in [2.45, 2.75) is 44.0 Å². The first-order valence-electron chi connectivity index (χ1n) is 12.3. The number of rotatable bonds is 7. The number of amides is 2. The maximum absolute atomic E-state index is 13.7. The quantitative estimate of drug-likeness (QED) is 0.533. The smallest absolute Gasteiger partial charge is 0.264 e. The molecule has 0 bridgehead atoms. The third kappa shape index (κ3) is 6.10. The second kappa shape index (κ2) is 10.9. The van der Waals surface area contributed by atoms with Gasteiger partial charge in [-0.15, -0.1) is 0 Å². The molecule has 9 nitrogen and oxygen atoms in total. The number of benzene rings is 2. The Kier molecular flexibility index (Phi) is 7.82. The number of halogens is 1. The number of nitrogens with one attached hydrogen (secondary N) is 2. The molecular weight excluding hydrogens is 497 g/mol. The highest BCUT2D eigenvalue weighted by Crippen LogP contribution is 2.30. The number of anilines is 2. The average molecular weight is 530 g/mol. The van der Waals surface area contributed by atoms with Crippen LogP contribution in [0.25, 0.3) is 0 Å². The zero-order chi connectivity index (χ0) is 26.7. The molecule has 2 aliphatic heterocycles. The van der Waals surface area contributed by atoms with Crippen LogP contribution in [0, 0.1) is 11.2 Å². The maximum Gasteiger partial charge on any atom is 0.264 e. The number of sulfonamides is 1. The number of nitrogens with zero attached hydrogens (tertiary/aromatic N) is 3. The summed E-state index contributed by atoms with van der Waals surface area (Å²) in [5, 5.41) is 7.33. The summed E-state index contributed by atoms with van der Waals surface area (Å²) in [5.41, 5.74) is 2.76. The molecule has 1 atom stereocenters. The van der Waals surface area contributed by atoms with E-state index in [1.54, 1.807) is 24.3 Å². The molecule has 0 spiro atoms. The second-order valence-electron chi connectivity index (χ2n) is 9.54. The van der Waals surface area contributed by atoms with Crippen molar-refractivity contribution in [3.63, 3.8) is 0 Å². The Hall–Kier alpha value is -3.47. The van der Waals surface area contributed by atoms with Crippen LogP contribution in [0.4, 0.5) is 15.8 Å². The second-order valence-corrected chi connectivity index (χ2v) is 11.2. The van der Waals surface area contributed by atoms with Gasteiger partial charge in [0, 0.05) is 49.8 Å². The van der Waals surface area contributed by atoms with Gasteiger partial charge in [0.15, 0.2) is 0 Å². The molecule has 11 heteroatoms. The van der Waals surface area contributed by atoms with E-state index >= 15 is 0 Å². The Morgan fingerprint density at radius 2 is 1.73 bits per heavy atom.